The minimum atomic E-state index is 0.698. The van der Waals surface area contributed by atoms with Crippen LogP contribution in [-0.2, 0) is 19.4 Å². The van der Waals surface area contributed by atoms with Crippen molar-refractivity contribution in [1.29, 1.82) is 0 Å². The van der Waals surface area contributed by atoms with Crippen LogP contribution < -0.4 is 4.74 Å². The van der Waals surface area contributed by atoms with Gasteiger partial charge in [-0.25, -0.2) is 4.68 Å². The van der Waals surface area contributed by atoms with Crippen molar-refractivity contribution in [2.24, 2.45) is 0 Å². The first-order valence-corrected chi connectivity index (χ1v) is 14.9. The molecule has 0 bridgehead atoms. The summed E-state index contributed by atoms with van der Waals surface area (Å²) >= 11 is 1.95. The van der Waals surface area contributed by atoms with Gasteiger partial charge in [-0.2, -0.15) is 0 Å². The molecular formula is C32H36N4O2S. The Bertz CT molecular complexity index is 1460. The number of aryl methyl sites for hydroxylation is 2. The van der Waals surface area contributed by atoms with Gasteiger partial charge < -0.3 is 9.15 Å². The van der Waals surface area contributed by atoms with Gasteiger partial charge in [0, 0.05) is 21.4 Å². The first kappa shape index (κ1) is 27.0. The van der Waals surface area contributed by atoms with E-state index in [1.807, 2.05) is 24.1 Å². The lowest BCUT2D eigenvalue weighted by molar-refractivity contribution is 0.306. The molecule has 0 unspecified atom stereocenters. The van der Waals surface area contributed by atoms with Crippen LogP contribution >= 0.6 is 11.8 Å². The maximum atomic E-state index is 6.31. The summed E-state index contributed by atoms with van der Waals surface area (Å²) in [6, 6.07) is 21.4. The van der Waals surface area contributed by atoms with Crippen molar-refractivity contribution in [3.05, 3.63) is 89.9 Å². The van der Waals surface area contributed by atoms with E-state index in [1.165, 1.54) is 27.1 Å². The number of ether oxygens (including phenoxy) is 1. The molecule has 202 valence electrons. The second kappa shape index (κ2) is 13.5. The summed E-state index contributed by atoms with van der Waals surface area (Å²) in [5, 5.41) is 12.6. The largest absolute Gasteiger partial charge is 0.493 e. The maximum Gasteiger partial charge on any atom is 0.141 e. The molecule has 6 nitrogen and oxygen atoms in total. The minimum Gasteiger partial charge on any atom is -0.493 e. The van der Waals surface area contributed by atoms with Crippen LogP contribution in [0.1, 0.15) is 56.2 Å². The fraction of sp³-hybridized carbons (Fsp3) is 0.344. The Morgan fingerprint density at radius 3 is 2.62 bits per heavy atom. The summed E-state index contributed by atoms with van der Waals surface area (Å²) in [6.07, 6.45) is 9.85. The lowest BCUT2D eigenvalue weighted by Gasteiger charge is -2.13. The van der Waals surface area contributed by atoms with Crippen LogP contribution in [0.2, 0.25) is 0 Å². The number of tetrazole rings is 1. The third-order valence-electron chi connectivity index (χ3n) is 6.82. The van der Waals surface area contributed by atoms with Crippen LogP contribution in [0.5, 0.6) is 5.75 Å². The van der Waals surface area contributed by atoms with Crippen LogP contribution in [-0.4, -0.2) is 32.6 Å². The molecule has 0 radical (unpaired) electrons. The molecule has 0 fully saturated rings. The van der Waals surface area contributed by atoms with Crippen LogP contribution in [0, 0.1) is 0 Å². The average Bonchev–Trinajstić information content (AvgIpc) is 3.63. The predicted octanol–water partition coefficient (Wildman–Crippen LogP) is 7.99. The number of thioether (sulfide) groups is 1. The molecule has 39 heavy (non-hydrogen) atoms. The standard InChI is InChI=1S/C32H36N4O2S/c1-3-10-26-20-24(21-36-23-33-34-35-36)14-17-31(26)39-19-9-8-18-37-30-16-15-27-29(25-12-6-5-7-13-25)22-38-32(27)28(30)11-4-2/h5-7,12-17,20,22-23H,3-4,8-11,18-19,21H2,1-2H3. The number of hydrogen-bond acceptors (Lipinski definition) is 6. The van der Waals surface area contributed by atoms with Gasteiger partial charge in [0.1, 0.15) is 17.7 Å². The van der Waals surface area contributed by atoms with Gasteiger partial charge in [0.2, 0.25) is 0 Å². The van der Waals surface area contributed by atoms with E-state index in [2.05, 4.69) is 84.0 Å². The fourth-order valence-electron chi connectivity index (χ4n) is 4.95. The first-order valence-electron chi connectivity index (χ1n) is 13.9. The zero-order valence-electron chi connectivity index (χ0n) is 22.8. The molecule has 7 heteroatoms. The first-order chi connectivity index (χ1) is 19.3. The number of fused-ring (bicyclic) bond motifs is 1. The summed E-state index contributed by atoms with van der Waals surface area (Å²) < 4.78 is 14.2. The molecule has 2 heterocycles. The smallest absolute Gasteiger partial charge is 0.141 e. The summed E-state index contributed by atoms with van der Waals surface area (Å²) in [6.45, 7) is 5.84. The SMILES string of the molecule is CCCc1cc(Cn2cnnn2)ccc1SCCCCOc1ccc2c(-c3ccccc3)coc2c1CCC. The van der Waals surface area contributed by atoms with Crippen molar-refractivity contribution < 1.29 is 9.15 Å². The highest BCUT2D eigenvalue weighted by Gasteiger charge is 2.16. The van der Waals surface area contributed by atoms with E-state index in [1.54, 1.807) is 11.0 Å². The Balaban J connectivity index is 1.16. The highest BCUT2D eigenvalue weighted by atomic mass is 32.2. The number of hydrogen-bond donors (Lipinski definition) is 0. The normalized spacial score (nSPS) is 11.3. The van der Waals surface area contributed by atoms with E-state index in [0.717, 1.165) is 66.6 Å². The van der Waals surface area contributed by atoms with E-state index in [4.69, 9.17) is 9.15 Å². The van der Waals surface area contributed by atoms with Gasteiger partial charge >= 0.3 is 0 Å². The molecule has 0 atom stereocenters. The lowest BCUT2D eigenvalue weighted by Crippen LogP contribution is -2.02. The summed E-state index contributed by atoms with van der Waals surface area (Å²) in [5.74, 6) is 2.03. The van der Waals surface area contributed by atoms with Crippen LogP contribution in [0.15, 0.2) is 82.6 Å². The molecule has 0 amide bonds. The van der Waals surface area contributed by atoms with E-state index in [9.17, 15) is 0 Å². The highest BCUT2D eigenvalue weighted by molar-refractivity contribution is 7.99. The van der Waals surface area contributed by atoms with Crippen LogP contribution in [0.3, 0.4) is 0 Å². The Morgan fingerprint density at radius 2 is 1.82 bits per heavy atom. The molecule has 0 aliphatic heterocycles. The quantitative estimate of drug-likeness (QED) is 0.105. The van der Waals surface area contributed by atoms with Gasteiger partial charge in [-0.1, -0.05) is 69.2 Å². The number of nitrogens with zero attached hydrogens (tertiary/aromatic N) is 4. The topological polar surface area (TPSA) is 66.0 Å². The minimum absolute atomic E-state index is 0.698. The summed E-state index contributed by atoms with van der Waals surface area (Å²) in [4.78, 5) is 1.38. The third kappa shape index (κ3) is 6.71. The Hall–Kier alpha value is -3.58. The molecule has 5 aromatic rings. The second-order valence-corrected chi connectivity index (χ2v) is 10.9. The third-order valence-corrected chi connectivity index (χ3v) is 8.02. The highest BCUT2D eigenvalue weighted by Crippen LogP contribution is 2.37. The average molecular weight is 541 g/mol. The Morgan fingerprint density at radius 1 is 0.949 bits per heavy atom. The zero-order chi connectivity index (χ0) is 26.9. The Kier molecular flexibility index (Phi) is 9.33. The molecule has 0 saturated heterocycles. The van der Waals surface area contributed by atoms with E-state index < -0.39 is 0 Å². The second-order valence-electron chi connectivity index (χ2n) is 9.79. The van der Waals surface area contributed by atoms with Gasteiger partial charge in [-0.3, -0.25) is 0 Å². The number of benzene rings is 3. The monoisotopic (exact) mass is 540 g/mol. The molecular weight excluding hydrogens is 504 g/mol. The molecule has 0 spiro atoms. The molecule has 2 aromatic heterocycles. The number of furan rings is 1. The number of rotatable bonds is 14. The van der Waals surface area contributed by atoms with Crippen molar-refractivity contribution >= 4 is 22.7 Å². The van der Waals surface area contributed by atoms with E-state index in [-0.39, 0.29) is 0 Å². The maximum absolute atomic E-state index is 6.31. The predicted molar refractivity (Wildman–Crippen MR) is 158 cm³/mol. The molecule has 0 aliphatic rings. The lowest BCUT2D eigenvalue weighted by atomic mass is 10.0. The van der Waals surface area contributed by atoms with Crippen molar-refractivity contribution in [3.63, 3.8) is 0 Å². The summed E-state index contributed by atoms with van der Waals surface area (Å²) in [7, 11) is 0. The Labute approximate surface area is 234 Å². The van der Waals surface area contributed by atoms with Crippen molar-refractivity contribution in [3.8, 4) is 16.9 Å². The van der Waals surface area contributed by atoms with E-state index >= 15 is 0 Å². The molecule has 0 aliphatic carbocycles. The zero-order valence-corrected chi connectivity index (χ0v) is 23.6. The summed E-state index contributed by atoms with van der Waals surface area (Å²) in [5.41, 5.74) is 7.09. The van der Waals surface area contributed by atoms with Gasteiger partial charge in [0.15, 0.2) is 0 Å². The van der Waals surface area contributed by atoms with Gasteiger partial charge in [0.05, 0.1) is 19.4 Å². The number of aromatic nitrogens is 4. The van der Waals surface area contributed by atoms with Gasteiger partial charge in [0.25, 0.3) is 0 Å². The van der Waals surface area contributed by atoms with Gasteiger partial charge in [-0.15, -0.1) is 16.9 Å². The van der Waals surface area contributed by atoms with Crippen LogP contribution in [0.4, 0.5) is 0 Å². The molecule has 3 aromatic carbocycles. The molecule has 0 saturated carbocycles. The fourth-order valence-corrected chi connectivity index (χ4v) is 6.02. The van der Waals surface area contributed by atoms with Crippen molar-refractivity contribution in [2.45, 2.75) is 63.8 Å². The van der Waals surface area contributed by atoms with Gasteiger partial charge in [-0.05, 0) is 76.8 Å². The van der Waals surface area contributed by atoms with Crippen molar-refractivity contribution in [1.82, 2.24) is 20.2 Å². The molecule has 0 N–H and O–H groups in total. The molecule has 5 rings (SSSR count). The van der Waals surface area contributed by atoms with Crippen LogP contribution in [0.25, 0.3) is 22.1 Å². The van der Waals surface area contributed by atoms with Crippen molar-refractivity contribution in [2.75, 3.05) is 12.4 Å². The van der Waals surface area contributed by atoms with E-state index in [0.29, 0.717) is 13.2 Å². The number of unbranched alkanes of at least 4 members (excludes halogenated alkanes) is 1.